The molecule has 2 saturated heterocycles. The molecule has 2 heterocycles. The Kier molecular flexibility index (Phi) is 22.9. The summed E-state index contributed by atoms with van der Waals surface area (Å²) in [6.45, 7) is 1.46. The van der Waals surface area contributed by atoms with E-state index in [9.17, 15) is 45.3 Å². The molecule has 0 amide bonds. The Bertz CT molecular complexity index is 1010. The van der Waals surface area contributed by atoms with Crippen molar-refractivity contribution in [3.63, 3.8) is 0 Å². The first-order valence-electron chi connectivity index (χ1n) is 18.4. The van der Waals surface area contributed by atoms with Crippen LogP contribution in [0, 0.1) is 0 Å². The third-order valence-electron chi connectivity index (χ3n) is 8.74. The van der Waals surface area contributed by atoms with Gasteiger partial charge in [-0.05, 0) is 38.5 Å². The molecule has 7 N–H and O–H groups in total. The quantitative estimate of drug-likeness (QED) is 0.0398. The third kappa shape index (κ3) is 17.1. The van der Waals surface area contributed by atoms with Gasteiger partial charge in [0.1, 0.15) is 55.4 Å². The lowest BCUT2D eigenvalue weighted by Crippen LogP contribution is -2.61. The molecule has 2 aliphatic heterocycles. The summed E-state index contributed by atoms with van der Waals surface area (Å²) in [5, 5.41) is 70.9. The molecule has 11 atom stereocenters. The Labute approximate surface area is 301 Å². The Hall–Kier alpha value is -2.02. The number of hydrogen-bond acceptors (Lipinski definition) is 15. The zero-order valence-corrected chi connectivity index (χ0v) is 30.1. The highest BCUT2D eigenvalue weighted by Gasteiger charge is 2.47. The molecule has 0 spiro atoms. The molecule has 0 aromatic carbocycles. The van der Waals surface area contributed by atoms with Crippen LogP contribution in [0.15, 0.2) is 24.3 Å². The molecule has 0 aromatic heterocycles. The second-order valence-corrected chi connectivity index (χ2v) is 13.1. The van der Waals surface area contributed by atoms with E-state index in [4.69, 9.17) is 28.4 Å². The van der Waals surface area contributed by atoms with Crippen LogP contribution in [0.1, 0.15) is 97.3 Å². The van der Waals surface area contributed by atoms with Crippen molar-refractivity contribution in [1.29, 1.82) is 0 Å². The van der Waals surface area contributed by atoms with E-state index in [0.717, 1.165) is 44.9 Å². The van der Waals surface area contributed by atoms with Crippen LogP contribution in [-0.2, 0) is 38.0 Å². The van der Waals surface area contributed by atoms with Crippen molar-refractivity contribution >= 4 is 11.9 Å². The molecular formula is C36H62O15. The van der Waals surface area contributed by atoms with Crippen LogP contribution in [0.25, 0.3) is 0 Å². The number of ether oxygens (including phenoxy) is 6. The van der Waals surface area contributed by atoms with Gasteiger partial charge in [0.05, 0.1) is 19.8 Å². The summed E-state index contributed by atoms with van der Waals surface area (Å²) < 4.78 is 32.3. The standard InChI is InChI=1S/C36H62O15/c1-3-4-5-6-7-8-9-10-11-12-13-14-15-16-17-18-19-28(39)49-25(21-46-24(2)38)22-47-35-34(45)32(43)30(41)27(51-35)23-48-36-33(44)31(42)29(40)26(20-37)50-36/h8-9,11-12,25-27,29-37,40-45H,3-7,10,13-23H2,1-2H3/b9-8-,12-11-. The van der Waals surface area contributed by atoms with Gasteiger partial charge in [-0.3, -0.25) is 9.59 Å². The number of hydrogen-bond donors (Lipinski definition) is 7. The SMILES string of the molecule is CCCCCC/C=C\C/C=C\CCCCCCCC(=O)OC(COC(C)=O)COC1OC(COC2OC(CO)C(O)C(O)C2O)C(O)C(O)C1O. The first kappa shape index (κ1) is 45.1. The van der Waals surface area contributed by atoms with Crippen LogP contribution < -0.4 is 0 Å². The van der Waals surface area contributed by atoms with Crippen molar-refractivity contribution in [2.75, 3.05) is 26.4 Å². The summed E-state index contributed by atoms with van der Waals surface area (Å²) in [6.07, 6.45) is 4.97. The molecule has 51 heavy (non-hydrogen) atoms. The number of aliphatic hydroxyl groups excluding tert-OH is 7. The third-order valence-corrected chi connectivity index (χ3v) is 8.74. The van der Waals surface area contributed by atoms with Gasteiger partial charge < -0.3 is 64.2 Å². The Morgan fingerprint density at radius 2 is 1.22 bits per heavy atom. The molecule has 0 saturated carbocycles. The van der Waals surface area contributed by atoms with Crippen LogP contribution in [0.3, 0.4) is 0 Å². The van der Waals surface area contributed by atoms with E-state index in [-0.39, 0.29) is 13.0 Å². The van der Waals surface area contributed by atoms with Crippen LogP contribution in [0.5, 0.6) is 0 Å². The highest BCUT2D eigenvalue weighted by molar-refractivity contribution is 5.69. The summed E-state index contributed by atoms with van der Waals surface area (Å²) in [6, 6.07) is 0. The fourth-order valence-electron chi connectivity index (χ4n) is 5.62. The molecule has 15 nitrogen and oxygen atoms in total. The van der Waals surface area contributed by atoms with Gasteiger partial charge in [-0.1, -0.05) is 69.8 Å². The molecule has 0 bridgehead atoms. The molecule has 15 heteroatoms. The maximum absolute atomic E-state index is 12.6. The summed E-state index contributed by atoms with van der Waals surface area (Å²) in [5.74, 6) is -1.14. The second-order valence-electron chi connectivity index (χ2n) is 13.1. The van der Waals surface area contributed by atoms with E-state index in [0.29, 0.717) is 6.42 Å². The summed E-state index contributed by atoms with van der Waals surface area (Å²) in [5.41, 5.74) is 0. The number of unbranched alkanes of at least 4 members (excludes halogenated alkanes) is 9. The lowest BCUT2D eigenvalue weighted by atomic mass is 9.98. The first-order chi connectivity index (χ1) is 24.5. The maximum Gasteiger partial charge on any atom is 0.306 e. The highest BCUT2D eigenvalue weighted by atomic mass is 16.7. The van der Waals surface area contributed by atoms with Crippen molar-refractivity contribution in [1.82, 2.24) is 0 Å². The molecule has 0 radical (unpaired) electrons. The predicted octanol–water partition coefficient (Wildman–Crippen LogP) is 1.31. The van der Waals surface area contributed by atoms with E-state index in [1.807, 2.05) is 0 Å². The normalized spacial score (nSPS) is 30.5. The Morgan fingerprint density at radius 1 is 0.667 bits per heavy atom. The van der Waals surface area contributed by atoms with Crippen LogP contribution in [0.4, 0.5) is 0 Å². The minimum atomic E-state index is -1.76. The van der Waals surface area contributed by atoms with Crippen molar-refractivity contribution in [2.45, 2.75) is 165 Å². The lowest BCUT2D eigenvalue weighted by Gasteiger charge is -2.42. The van der Waals surface area contributed by atoms with Crippen LogP contribution >= 0.6 is 0 Å². The summed E-state index contributed by atoms with van der Waals surface area (Å²) in [7, 11) is 0. The molecular weight excluding hydrogens is 672 g/mol. The molecule has 2 aliphatic rings. The topological polar surface area (TPSA) is 231 Å². The van der Waals surface area contributed by atoms with Crippen molar-refractivity contribution in [2.24, 2.45) is 0 Å². The van der Waals surface area contributed by atoms with E-state index >= 15 is 0 Å². The van der Waals surface area contributed by atoms with Gasteiger partial charge in [0.25, 0.3) is 0 Å². The number of carbonyl (C=O) groups excluding carboxylic acids is 2. The Morgan fingerprint density at radius 3 is 1.82 bits per heavy atom. The van der Waals surface area contributed by atoms with Crippen molar-refractivity contribution in [3.05, 3.63) is 24.3 Å². The lowest BCUT2D eigenvalue weighted by molar-refractivity contribution is -0.332. The average Bonchev–Trinajstić information content (AvgIpc) is 3.11. The molecule has 2 fully saturated rings. The fourth-order valence-corrected chi connectivity index (χ4v) is 5.62. The van der Waals surface area contributed by atoms with E-state index < -0.39 is 99.3 Å². The number of rotatable bonds is 25. The second kappa shape index (κ2) is 25.9. The van der Waals surface area contributed by atoms with E-state index in [2.05, 4.69) is 31.2 Å². The monoisotopic (exact) mass is 734 g/mol. The van der Waals surface area contributed by atoms with Gasteiger partial charge in [0, 0.05) is 13.3 Å². The average molecular weight is 735 g/mol. The van der Waals surface area contributed by atoms with Crippen molar-refractivity contribution in [3.8, 4) is 0 Å². The number of carbonyl (C=O) groups is 2. The zero-order chi connectivity index (χ0) is 37.6. The first-order valence-corrected chi connectivity index (χ1v) is 18.4. The zero-order valence-electron chi connectivity index (χ0n) is 30.1. The molecule has 2 rings (SSSR count). The largest absolute Gasteiger partial charge is 0.462 e. The highest BCUT2D eigenvalue weighted by Crippen LogP contribution is 2.26. The minimum absolute atomic E-state index is 0.145. The molecule has 296 valence electrons. The van der Waals surface area contributed by atoms with Gasteiger partial charge >= 0.3 is 11.9 Å². The van der Waals surface area contributed by atoms with E-state index in [1.165, 1.54) is 32.6 Å². The van der Waals surface area contributed by atoms with Gasteiger partial charge in [-0.25, -0.2) is 0 Å². The van der Waals surface area contributed by atoms with Gasteiger partial charge in [0.15, 0.2) is 18.7 Å². The summed E-state index contributed by atoms with van der Waals surface area (Å²) in [4.78, 5) is 24.0. The number of aliphatic hydroxyl groups is 7. The Balaban J connectivity index is 1.73. The minimum Gasteiger partial charge on any atom is -0.462 e. The molecule has 0 aromatic rings. The van der Waals surface area contributed by atoms with Gasteiger partial charge in [-0.2, -0.15) is 0 Å². The number of esters is 2. The molecule has 11 unspecified atom stereocenters. The fraction of sp³-hybridized carbons (Fsp3) is 0.833. The smallest absolute Gasteiger partial charge is 0.306 e. The van der Waals surface area contributed by atoms with Crippen LogP contribution in [0.2, 0.25) is 0 Å². The van der Waals surface area contributed by atoms with Crippen molar-refractivity contribution < 1.29 is 73.8 Å². The van der Waals surface area contributed by atoms with Gasteiger partial charge in [0.2, 0.25) is 0 Å². The molecule has 0 aliphatic carbocycles. The number of allylic oxidation sites excluding steroid dienone is 4. The van der Waals surface area contributed by atoms with Gasteiger partial charge in [-0.15, -0.1) is 0 Å². The summed E-state index contributed by atoms with van der Waals surface area (Å²) >= 11 is 0. The maximum atomic E-state index is 12.6. The van der Waals surface area contributed by atoms with Crippen LogP contribution in [-0.4, -0.2) is 142 Å². The predicted molar refractivity (Wildman–Crippen MR) is 183 cm³/mol. The van der Waals surface area contributed by atoms with E-state index in [1.54, 1.807) is 0 Å².